The van der Waals surface area contributed by atoms with Gasteiger partial charge in [0.25, 0.3) is 0 Å². The van der Waals surface area contributed by atoms with Crippen LogP contribution in [-0.2, 0) is 15.2 Å². The van der Waals surface area contributed by atoms with E-state index in [1.165, 1.54) is 11.3 Å². The molecule has 2 saturated heterocycles. The summed E-state index contributed by atoms with van der Waals surface area (Å²) in [4.78, 5) is 32.6. The molecule has 8 nitrogen and oxygen atoms in total. The SMILES string of the molecule is Cc1nnc(N2CC(C(=O)N3CCC(O)(c4cccnc4)CC3)CC2=O)s1. The third-order valence-electron chi connectivity index (χ3n) is 5.32. The summed E-state index contributed by atoms with van der Waals surface area (Å²) < 4.78 is 0. The van der Waals surface area contributed by atoms with Crippen molar-refractivity contribution in [1.29, 1.82) is 0 Å². The van der Waals surface area contributed by atoms with Gasteiger partial charge in [-0.3, -0.25) is 19.5 Å². The highest BCUT2D eigenvalue weighted by Gasteiger charge is 2.41. The van der Waals surface area contributed by atoms with Crippen LogP contribution in [0.2, 0.25) is 0 Å². The molecule has 142 valence electrons. The van der Waals surface area contributed by atoms with Gasteiger partial charge in [0.05, 0.1) is 11.5 Å². The van der Waals surface area contributed by atoms with E-state index in [-0.39, 0.29) is 24.2 Å². The van der Waals surface area contributed by atoms with E-state index in [9.17, 15) is 14.7 Å². The minimum Gasteiger partial charge on any atom is -0.385 e. The first-order valence-corrected chi connectivity index (χ1v) is 9.80. The second-order valence-corrected chi connectivity index (χ2v) is 8.27. The van der Waals surface area contributed by atoms with Crippen molar-refractivity contribution in [3.63, 3.8) is 0 Å². The zero-order valence-corrected chi connectivity index (χ0v) is 15.9. The van der Waals surface area contributed by atoms with E-state index in [1.54, 1.807) is 28.3 Å². The van der Waals surface area contributed by atoms with Crippen molar-refractivity contribution in [2.45, 2.75) is 31.8 Å². The lowest BCUT2D eigenvalue weighted by atomic mass is 9.85. The minimum atomic E-state index is -0.952. The fourth-order valence-electron chi connectivity index (χ4n) is 3.74. The molecule has 0 spiro atoms. The number of amides is 2. The Morgan fingerprint density at radius 2 is 2.11 bits per heavy atom. The number of carbonyl (C=O) groups is 2. The number of aromatic nitrogens is 3. The van der Waals surface area contributed by atoms with Gasteiger partial charge in [-0.2, -0.15) is 0 Å². The summed E-state index contributed by atoms with van der Waals surface area (Å²) in [5, 5.41) is 20.2. The van der Waals surface area contributed by atoms with Gasteiger partial charge in [-0.05, 0) is 25.8 Å². The molecule has 4 heterocycles. The maximum absolute atomic E-state index is 12.9. The average Bonchev–Trinajstić information content (AvgIpc) is 3.28. The van der Waals surface area contributed by atoms with E-state index in [1.807, 2.05) is 13.0 Å². The molecule has 1 N–H and O–H groups in total. The number of piperidine rings is 1. The van der Waals surface area contributed by atoms with E-state index >= 15 is 0 Å². The van der Waals surface area contributed by atoms with E-state index in [4.69, 9.17) is 0 Å². The van der Waals surface area contributed by atoms with Crippen LogP contribution in [0.1, 0.15) is 29.8 Å². The second-order valence-electron chi connectivity index (χ2n) is 7.11. The van der Waals surface area contributed by atoms with E-state index < -0.39 is 5.60 Å². The highest BCUT2D eigenvalue weighted by molar-refractivity contribution is 7.15. The first-order valence-electron chi connectivity index (χ1n) is 8.98. The fourth-order valence-corrected chi connectivity index (χ4v) is 4.45. The predicted octanol–water partition coefficient (Wildman–Crippen LogP) is 1.10. The molecular weight excluding hydrogens is 366 g/mol. The van der Waals surface area contributed by atoms with Crippen molar-refractivity contribution >= 4 is 28.3 Å². The largest absolute Gasteiger partial charge is 0.385 e. The summed E-state index contributed by atoms with van der Waals surface area (Å²) >= 11 is 1.35. The van der Waals surface area contributed by atoms with Crippen molar-refractivity contribution in [3.05, 3.63) is 35.1 Å². The Balaban J connectivity index is 1.39. The van der Waals surface area contributed by atoms with Crippen molar-refractivity contribution in [3.8, 4) is 0 Å². The van der Waals surface area contributed by atoms with Gasteiger partial charge in [0.2, 0.25) is 16.9 Å². The number of anilines is 1. The molecule has 0 saturated carbocycles. The first-order chi connectivity index (χ1) is 13.0. The van der Waals surface area contributed by atoms with Crippen LogP contribution in [-0.4, -0.2) is 56.6 Å². The molecule has 2 aliphatic rings. The zero-order chi connectivity index (χ0) is 19.0. The molecular formula is C18H21N5O3S. The van der Waals surface area contributed by atoms with E-state index in [2.05, 4.69) is 15.2 Å². The van der Waals surface area contributed by atoms with Gasteiger partial charge in [-0.1, -0.05) is 17.4 Å². The van der Waals surface area contributed by atoms with E-state index in [0.717, 1.165) is 10.6 Å². The molecule has 1 atom stereocenters. The van der Waals surface area contributed by atoms with Crippen molar-refractivity contribution in [2.75, 3.05) is 24.5 Å². The molecule has 0 radical (unpaired) electrons. The van der Waals surface area contributed by atoms with Gasteiger partial charge in [-0.25, -0.2) is 0 Å². The number of rotatable bonds is 3. The van der Waals surface area contributed by atoms with Crippen molar-refractivity contribution < 1.29 is 14.7 Å². The summed E-state index contributed by atoms with van der Waals surface area (Å²) in [6.07, 6.45) is 4.47. The maximum atomic E-state index is 12.9. The van der Waals surface area contributed by atoms with Crippen LogP contribution in [0.25, 0.3) is 0 Å². The molecule has 2 fully saturated rings. The quantitative estimate of drug-likeness (QED) is 0.847. The molecule has 1 unspecified atom stereocenters. The molecule has 27 heavy (non-hydrogen) atoms. The molecule has 2 amide bonds. The Hall–Kier alpha value is -2.39. The molecule has 0 aromatic carbocycles. The second kappa shape index (κ2) is 6.97. The number of hydrogen-bond acceptors (Lipinski definition) is 7. The fraction of sp³-hybridized carbons (Fsp3) is 0.500. The standard InChI is InChI=1S/C18H21N5O3S/c1-12-20-21-17(27-12)23-11-13(9-15(23)24)16(25)22-7-4-18(26,5-8-22)14-3-2-6-19-10-14/h2-3,6,10,13,26H,4-5,7-9,11H2,1H3. The number of hydrogen-bond donors (Lipinski definition) is 1. The Labute approximate surface area is 160 Å². The van der Waals surface area contributed by atoms with E-state index in [0.29, 0.717) is 37.6 Å². The summed E-state index contributed by atoms with van der Waals surface area (Å²) in [7, 11) is 0. The summed E-state index contributed by atoms with van der Waals surface area (Å²) in [5.74, 6) is -0.486. The molecule has 0 aliphatic carbocycles. The highest BCUT2D eigenvalue weighted by atomic mass is 32.1. The lowest BCUT2D eigenvalue weighted by Crippen LogP contribution is -2.47. The van der Waals surface area contributed by atoms with Gasteiger partial charge in [-0.15, -0.1) is 10.2 Å². The lowest BCUT2D eigenvalue weighted by molar-refractivity contribution is -0.140. The highest BCUT2D eigenvalue weighted by Crippen LogP contribution is 2.34. The Morgan fingerprint density at radius 1 is 1.33 bits per heavy atom. The van der Waals surface area contributed by atoms with Crippen LogP contribution in [0.3, 0.4) is 0 Å². The van der Waals surface area contributed by atoms with Crippen LogP contribution < -0.4 is 4.90 Å². The normalized spacial score (nSPS) is 22.3. The maximum Gasteiger partial charge on any atom is 0.229 e. The molecule has 2 aromatic heterocycles. The number of nitrogens with zero attached hydrogens (tertiary/aromatic N) is 5. The Kier molecular flexibility index (Phi) is 4.65. The van der Waals surface area contributed by atoms with Crippen molar-refractivity contribution in [2.24, 2.45) is 5.92 Å². The average molecular weight is 387 g/mol. The Bertz CT molecular complexity index is 848. The predicted molar refractivity (Wildman–Crippen MR) is 99.1 cm³/mol. The van der Waals surface area contributed by atoms with Crippen LogP contribution >= 0.6 is 11.3 Å². The van der Waals surface area contributed by atoms with Gasteiger partial charge in [0.15, 0.2) is 0 Å². The molecule has 0 bridgehead atoms. The molecule has 4 rings (SSSR count). The third kappa shape index (κ3) is 3.44. The van der Waals surface area contributed by atoms with Gasteiger partial charge in [0.1, 0.15) is 5.01 Å². The number of aryl methyl sites for hydroxylation is 1. The number of carbonyl (C=O) groups excluding carboxylic acids is 2. The molecule has 2 aliphatic heterocycles. The summed E-state index contributed by atoms with van der Waals surface area (Å²) in [6, 6.07) is 3.67. The Morgan fingerprint density at radius 3 is 2.74 bits per heavy atom. The number of pyridine rings is 1. The van der Waals surface area contributed by atoms with Crippen LogP contribution in [0.5, 0.6) is 0 Å². The van der Waals surface area contributed by atoms with Gasteiger partial charge in [0, 0.05) is 44.0 Å². The van der Waals surface area contributed by atoms with Gasteiger partial charge >= 0.3 is 0 Å². The monoisotopic (exact) mass is 387 g/mol. The van der Waals surface area contributed by atoms with Crippen LogP contribution in [0.4, 0.5) is 5.13 Å². The molecule has 2 aromatic rings. The topological polar surface area (TPSA) is 99.5 Å². The minimum absolute atomic E-state index is 0.0275. The number of aliphatic hydroxyl groups is 1. The molecule has 9 heteroatoms. The van der Waals surface area contributed by atoms with Crippen LogP contribution in [0, 0.1) is 12.8 Å². The lowest BCUT2D eigenvalue weighted by Gasteiger charge is -2.39. The zero-order valence-electron chi connectivity index (χ0n) is 15.0. The number of likely N-dealkylation sites (tertiary alicyclic amines) is 1. The third-order valence-corrected chi connectivity index (χ3v) is 6.18. The smallest absolute Gasteiger partial charge is 0.229 e. The summed E-state index contributed by atoms with van der Waals surface area (Å²) in [6.45, 7) is 3.11. The van der Waals surface area contributed by atoms with Gasteiger partial charge < -0.3 is 10.0 Å². The first kappa shape index (κ1) is 18.0. The van der Waals surface area contributed by atoms with Crippen molar-refractivity contribution in [1.82, 2.24) is 20.1 Å². The summed E-state index contributed by atoms with van der Waals surface area (Å²) in [5.41, 5.74) is -0.168. The van der Waals surface area contributed by atoms with Crippen LogP contribution in [0.15, 0.2) is 24.5 Å².